The third-order valence-electron chi connectivity index (χ3n) is 1.28. The Morgan fingerprint density at radius 1 is 1.50 bits per heavy atom. The highest BCUT2D eigenvalue weighted by Gasteiger charge is 2.14. The number of carbonyl (C=O) groups excluding carboxylic acids is 1. The smallest absolute Gasteiger partial charge is 0.355 e. The highest BCUT2D eigenvalue weighted by Crippen LogP contribution is 2.03. The fourth-order valence-corrected chi connectivity index (χ4v) is 0.775. The van der Waals surface area contributed by atoms with Crippen LogP contribution in [0.5, 0.6) is 0 Å². The Kier molecular flexibility index (Phi) is 2.05. The minimum atomic E-state index is -1.26. The Morgan fingerprint density at radius 3 is 2.58 bits per heavy atom. The van der Waals surface area contributed by atoms with Crippen LogP contribution in [0.15, 0.2) is 18.3 Å². The number of nitrogens with two attached hydrogens (primary N) is 1. The summed E-state index contributed by atoms with van der Waals surface area (Å²) >= 11 is 0. The first kappa shape index (κ1) is 8.19. The average molecular weight is 166 g/mol. The number of carbonyl (C=O) groups is 2. The van der Waals surface area contributed by atoms with Crippen molar-refractivity contribution >= 4 is 11.9 Å². The van der Waals surface area contributed by atoms with Gasteiger partial charge in [0.15, 0.2) is 5.69 Å². The van der Waals surface area contributed by atoms with Gasteiger partial charge in [0.1, 0.15) is 0 Å². The third kappa shape index (κ3) is 1.39. The molecule has 1 aromatic heterocycles. The molecule has 0 aromatic carbocycles. The van der Waals surface area contributed by atoms with Crippen LogP contribution in [0.2, 0.25) is 0 Å². The van der Waals surface area contributed by atoms with Gasteiger partial charge in [0.05, 0.1) is 5.56 Å². The van der Waals surface area contributed by atoms with Crippen molar-refractivity contribution in [3.05, 3.63) is 29.6 Å². The van der Waals surface area contributed by atoms with Gasteiger partial charge in [-0.2, -0.15) is 0 Å². The molecule has 0 saturated carbocycles. The molecule has 1 aromatic rings. The Bertz CT molecular complexity index is 302. The number of nitrogens with zero attached hydrogens (tertiary/aromatic N) is 1. The van der Waals surface area contributed by atoms with Crippen LogP contribution in [0.3, 0.4) is 0 Å². The Morgan fingerprint density at radius 2 is 2.17 bits per heavy atom. The van der Waals surface area contributed by atoms with Crippen molar-refractivity contribution in [1.82, 2.24) is 4.98 Å². The molecular weight excluding hydrogens is 160 g/mol. The van der Waals surface area contributed by atoms with E-state index in [2.05, 4.69) is 4.98 Å². The van der Waals surface area contributed by atoms with Gasteiger partial charge < -0.3 is 10.8 Å². The lowest BCUT2D eigenvalue weighted by Gasteiger charge is -1.98. The van der Waals surface area contributed by atoms with Crippen LogP contribution in [0.25, 0.3) is 0 Å². The van der Waals surface area contributed by atoms with Gasteiger partial charge in [-0.25, -0.2) is 9.78 Å². The van der Waals surface area contributed by atoms with E-state index in [4.69, 9.17) is 10.8 Å². The monoisotopic (exact) mass is 166 g/mol. The van der Waals surface area contributed by atoms with Crippen LogP contribution >= 0.6 is 0 Å². The molecule has 0 aliphatic heterocycles. The first-order valence-corrected chi connectivity index (χ1v) is 3.11. The Hall–Kier alpha value is -1.91. The number of amides is 1. The average Bonchev–Trinajstić information content (AvgIpc) is 2.04. The Balaban J connectivity index is 3.27. The summed E-state index contributed by atoms with van der Waals surface area (Å²) in [5, 5.41) is 8.54. The predicted octanol–water partition coefficient (Wildman–Crippen LogP) is -0.121. The van der Waals surface area contributed by atoms with Gasteiger partial charge in [-0.05, 0) is 12.1 Å². The normalized spacial score (nSPS) is 9.33. The zero-order valence-corrected chi connectivity index (χ0v) is 6.02. The summed E-state index contributed by atoms with van der Waals surface area (Å²) in [5.41, 5.74) is 4.52. The van der Waals surface area contributed by atoms with Crippen LogP contribution in [-0.4, -0.2) is 22.0 Å². The number of hydrogen-bond donors (Lipinski definition) is 2. The van der Waals surface area contributed by atoms with E-state index in [1.54, 1.807) is 0 Å². The van der Waals surface area contributed by atoms with Gasteiger partial charge >= 0.3 is 5.97 Å². The molecule has 0 atom stereocenters. The van der Waals surface area contributed by atoms with E-state index >= 15 is 0 Å². The molecule has 0 unspecified atom stereocenters. The molecule has 3 N–H and O–H groups in total. The molecule has 5 heteroatoms. The van der Waals surface area contributed by atoms with E-state index in [0.29, 0.717) is 0 Å². The molecule has 0 bridgehead atoms. The minimum Gasteiger partial charge on any atom is -0.476 e. The quantitative estimate of drug-likeness (QED) is 0.640. The zero-order valence-electron chi connectivity index (χ0n) is 6.02. The number of aromatic nitrogens is 1. The lowest BCUT2D eigenvalue weighted by atomic mass is 10.2. The summed E-state index contributed by atoms with van der Waals surface area (Å²) in [6.07, 6.45) is 1.29. The summed E-state index contributed by atoms with van der Waals surface area (Å²) in [6, 6.07) is 2.77. The number of carboxylic acids is 1. The second-order valence-electron chi connectivity index (χ2n) is 2.07. The molecule has 0 aliphatic carbocycles. The highest BCUT2D eigenvalue weighted by atomic mass is 16.4. The summed E-state index contributed by atoms with van der Waals surface area (Å²) < 4.78 is 0. The number of carboxylic acid groups (broad SMARTS) is 1. The second-order valence-corrected chi connectivity index (χ2v) is 2.07. The topological polar surface area (TPSA) is 93.3 Å². The molecule has 1 amide bonds. The van der Waals surface area contributed by atoms with E-state index in [-0.39, 0.29) is 11.3 Å². The maximum Gasteiger partial charge on any atom is 0.355 e. The van der Waals surface area contributed by atoms with Crippen molar-refractivity contribution in [2.45, 2.75) is 0 Å². The van der Waals surface area contributed by atoms with Gasteiger partial charge in [-0.1, -0.05) is 0 Å². The lowest BCUT2D eigenvalue weighted by Crippen LogP contribution is -2.17. The van der Waals surface area contributed by atoms with Crippen LogP contribution in [0.4, 0.5) is 0 Å². The zero-order chi connectivity index (χ0) is 9.14. The van der Waals surface area contributed by atoms with Crippen molar-refractivity contribution in [3.63, 3.8) is 0 Å². The van der Waals surface area contributed by atoms with Crippen molar-refractivity contribution in [1.29, 1.82) is 0 Å². The number of aromatic carboxylic acids is 1. The summed E-state index contributed by atoms with van der Waals surface area (Å²) in [4.78, 5) is 24.6. The number of pyridine rings is 1. The molecule has 0 spiro atoms. The van der Waals surface area contributed by atoms with E-state index in [9.17, 15) is 9.59 Å². The van der Waals surface area contributed by atoms with Gasteiger partial charge in [-0.15, -0.1) is 0 Å². The fraction of sp³-hybridized carbons (Fsp3) is 0. The molecular formula is C7H6N2O3. The highest BCUT2D eigenvalue weighted by molar-refractivity contribution is 6.02. The summed E-state index contributed by atoms with van der Waals surface area (Å²) in [7, 11) is 0. The standard InChI is InChI=1S/C7H6N2O3/c8-6(10)4-2-1-3-9-5(4)7(11)12/h1-3H,(H2,8,10)(H,11,12). The second kappa shape index (κ2) is 3.00. The molecule has 62 valence electrons. The SMILES string of the molecule is NC(=O)c1cccnc1C(=O)O. The molecule has 0 aliphatic rings. The van der Waals surface area contributed by atoms with Crippen LogP contribution < -0.4 is 5.73 Å². The lowest BCUT2D eigenvalue weighted by molar-refractivity contribution is 0.0685. The first-order chi connectivity index (χ1) is 5.63. The number of rotatable bonds is 2. The number of hydrogen-bond acceptors (Lipinski definition) is 3. The van der Waals surface area contributed by atoms with E-state index in [0.717, 1.165) is 0 Å². The minimum absolute atomic E-state index is 0.0787. The summed E-state index contributed by atoms with van der Waals surface area (Å²) in [6.45, 7) is 0. The number of primary amides is 1. The van der Waals surface area contributed by atoms with Gasteiger partial charge in [0.25, 0.3) is 5.91 Å². The summed E-state index contributed by atoms with van der Waals surface area (Å²) in [5.74, 6) is -2.05. The molecule has 12 heavy (non-hydrogen) atoms. The molecule has 0 saturated heterocycles. The van der Waals surface area contributed by atoms with Crippen molar-refractivity contribution in [2.75, 3.05) is 0 Å². The largest absolute Gasteiger partial charge is 0.476 e. The molecule has 5 nitrogen and oxygen atoms in total. The first-order valence-electron chi connectivity index (χ1n) is 3.11. The van der Waals surface area contributed by atoms with Crippen LogP contribution in [0.1, 0.15) is 20.8 Å². The van der Waals surface area contributed by atoms with Crippen LogP contribution in [-0.2, 0) is 0 Å². The van der Waals surface area contributed by atoms with Gasteiger partial charge in [0.2, 0.25) is 0 Å². The van der Waals surface area contributed by atoms with Crippen molar-refractivity contribution in [2.24, 2.45) is 5.73 Å². The molecule has 1 rings (SSSR count). The van der Waals surface area contributed by atoms with E-state index < -0.39 is 11.9 Å². The maximum atomic E-state index is 10.6. The maximum absolute atomic E-state index is 10.6. The third-order valence-corrected chi connectivity index (χ3v) is 1.28. The molecule has 0 fully saturated rings. The van der Waals surface area contributed by atoms with Crippen molar-refractivity contribution < 1.29 is 14.7 Å². The van der Waals surface area contributed by atoms with Gasteiger partial charge in [-0.3, -0.25) is 4.79 Å². The fourth-order valence-electron chi connectivity index (χ4n) is 0.775. The molecule has 0 radical (unpaired) electrons. The van der Waals surface area contributed by atoms with Crippen LogP contribution in [0, 0.1) is 0 Å². The van der Waals surface area contributed by atoms with Gasteiger partial charge in [0, 0.05) is 6.20 Å². The Labute approximate surface area is 67.8 Å². The van der Waals surface area contributed by atoms with E-state index in [1.165, 1.54) is 18.3 Å². The molecule has 1 heterocycles. The predicted molar refractivity (Wildman–Crippen MR) is 39.7 cm³/mol. The van der Waals surface area contributed by atoms with Crippen molar-refractivity contribution in [3.8, 4) is 0 Å². The van der Waals surface area contributed by atoms with E-state index in [1.807, 2.05) is 0 Å².